The summed E-state index contributed by atoms with van der Waals surface area (Å²) in [6.07, 6.45) is 1.90. The van der Waals surface area contributed by atoms with Gasteiger partial charge in [-0.25, -0.2) is 4.39 Å². The lowest BCUT2D eigenvalue weighted by molar-refractivity contribution is -0.120. The third-order valence-electron chi connectivity index (χ3n) is 6.42. The number of hydrogen-bond donors (Lipinski definition) is 1. The Morgan fingerprint density at radius 1 is 1.00 bits per heavy atom. The van der Waals surface area contributed by atoms with Crippen LogP contribution >= 0.6 is 0 Å². The summed E-state index contributed by atoms with van der Waals surface area (Å²) in [5, 5.41) is 0. The van der Waals surface area contributed by atoms with E-state index in [0.29, 0.717) is 17.1 Å². The van der Waals surface area contributed by atoms with Crippen LogP contribution in [-0.4, -0.2) is 18.5 Å². The Bertz CT molecular complexity index is 1260. The summed E-state index contributed by atoms with van der Waals surface area (Å²) in [4.78, 5) is 24.9. The van der Waals surface area contributed by atoms with Gasteiger partial charge in [-0.1, -0.05) is 30.3 Å². The highest BCUT2D eigenvalue weighted by Crippen LogP contribution is 2.51. The van der Waals surface area contributed by atoms with E-state index in [4.69, 9.17) is 15.2 Å². The lowest BCUT2D eigenvalue weighted by atomic mass is 9.86. The Morgan fingerprint density at radius 2 is 1.78 bits per heavy atom. The smallest absolute Gasteiger partial charge is 0.251 e. The second-order valence-corrected chi connectivity index (χ2v) is 8.46. The first-order valence-electron chi connectivity index (χ1n) is 10.5. The van der Waals surface area contributed by atoms with Crippen molar-refractivity contribution in [1.82, 2.24) is 0 Å². The predicted octanol–water partition coefficient (Wildman–Crippen LogP) is 4.47. The van der Waals surface area contributed by atoms with Crippen LogP contribution in [0, 0.1) is 12.7 Å². The number of nitrogens with two attached hydrogens (primary N) is 1. The molecule has 1 heterocycles. The molecule has 1 aliphatic carbocycles. The number of ketones is 1. The van der Waals surface area contributed by atoms with E-state index in [1.807, 2.05) is 43.3 Å². The zero-order chi connectivity index (χ0) is 22.5. The molecule has 1 fully saturated rings. The van der Waals surface area contributed by atoms with Crippen LogP contribution in [0.4, 0.5) is 4.39 Å². The number of primary amides is 1. The second kappa shape index (κ2) is 7.48. The summed E-state index contributed by atoms with van der Waals surface area (Å²) in [7, 11) is 0. The number of fused-ring (bicyclic) bond motifs is 1. The molecule has 1 saturated carbocycles. The molecular weight excluding hydrogens is 409 g/mol. The summed E-state index contributed by atoms with van der Waals surface area (Å²) in [5.74, 6) is 0.0797. The van der Waals surface area contributed by atoms with Gasteiger partial charge in [-0.05, 0) is 71.8 Å². The molecule has 0 unspecified atom stereocenters. The van der Waals surface area contributed by atoms with Crippen LogP contribution in [0.1, 0.15) is 39.9 Å². The van der Waals surface area contributed by atoms with Gasteiger partial charge < -0.3 is 15.2 Å². The number of amides is 1. The largest absolute Gasteiger partial charge is 0.454 e. The third-order valence-corrected chi connectivity index (χ3v) is 6.42. The van der Waals surface area contributed by atoms with Crippen molar-refractivity contribution in [2.75, 3.05) is 6.79 Å². The molecule has 0 spiro atoms. The minimum absolute atomic E-state index is 0.150. The molecule has 32 heavy (non-hydrogen) atoms. The van der Waals surface area contributed by atoms with Crippen LogP contribution in [-0.2, 0) is 16.6 Å². The molecule has 0 aromatic heterocycles. The van der Waals surface area contributed by atoms with Crippen molar-refractivity contribution < 1.29 is 23.5 Å². The highest BCUT2D eigenvalue weighted by molar-refractivity contribution is 5.96. The number of halogens is 1. The third kappa shape index (κ3) is 3.42. The molecule has 3 aromatic carbocycles. The maximum Gasteiger partial charge on any atom is 0.251 e. The van der Waals surface area contributed by atoms with Crippen LogP contribution in [0.25, 0.3) is 11.1 Å². The van der Waals surface area contributed by atoms with E-state index in [1.165, 1.54) is 12.1 Å². The Hall–Kier alpha value is -3.67. The van der Waals surface area contributed by atoms with Crippen molar-refractivity contribution in [1.29, 1.82) is 0 Å². The van der Waals surface area contributed by atoms with Crippen LogP contribution in [0.2, 0.25) is 0 Å². The van der Waals surface area contributed by atoms with Gasteiger partial charge in [0.15, 0.2) is 11.5 Å². The molecular formula is C26H22FNO4. The predicted molar refractivity (Wildman–Crippen MR) is 117 cm³/mol. The molecule has 0 bridgehead atoms. The van der Waals surface area contributed by atoms with Crippen LogP contribution in [0.3, 0.4) is 0 Å². The SMILES string of the molecule is Cc1ccc(CC(=O)C2(c3ccc4c(c3)OCO4)CC2)cc1-c1ccc(F)c(C(N)=O)c1. The standard InChI is InChI=1S/C26H22FNO4/c1-15-2-3-16(10-19(15)17-4-6-21(27)20(12-17)25(28)30)11-24(29)26(8-9-26)18-5-7-22-23(13-18)32-14-31-22/h2-7,10,12-13H,8-9,11,14H2,1H3,(H2,28,30). The quantitative estimate of drug-likeness (QED) is 0.625. The van der Waals surface area contributed by atoms with Gasteiger partial charge in [0.1, 0.15) is 11.6 Å². The first-order chi connectivity index (χ1) is 15.4. The summed E-state index contributed by atoms with van der Waals surface area (Å²) < 4.78 is 24.8. The zero-order valence-electron chi connectivity index (χ0n) is 17.6. The van der Waals surface area contributed by atoms with Gasteiger partial charge in [-0.15, -0.1) is 0 Å². The maximum atomic E-state index is 13.9. The fraction of sp³-hybridized carbons (Fsp3) is 0.231. The average Bonchev–Trinajstić information content (AvgIpc) is 3.46. The van der Waals surface area contributed by atoms with E-state index in [1.54, 1.807) is 6.07 Å². The molecule has 5 nitrogen and oxygen atoms in total. The van der Waals surface area contributed by atoms with Gasteiger partial charge in [-0.3, -0.25) is 9.59 Å². The van der Waals surface area contributed by atoms with Crippen LogP contribution in [0.5, 0.6) is 11.5 Å². The zero-order valence-corrected chi connectivity index (χ0v) is 17.6. The lowest BCUT2D eigenvalue weighted by Crippen LogP contribution is -2.22. The van der Waals surface area contributed by atoms with Gasteiger partial charge >= 0.3 is 0 Å². The van der Waals surface area contributed by atoms with Gasteiger partial charge in [0.25, 0.3) is 5.91 Å². The monoisotopic (exact) mass is 431 g/mol. The normalized spacial score (nSPS) is 15.4. The number of carbonyl (C=O) groups is 2. The van der Waals surface area contributed by atoms with E-state index >= 15 is 0 Å². The van der Waals surface area contributed by atoms with E-state index in [-0.39, 0.29) is 24.6 Å². The highest BCUT2D eigenvalue weighted by atomic mass is 19.1. The van der Waals surface area contributed by atoms with E-state index in [2.05, 4.69) is 0 Å². The first-order valence-corrected chi connectivity index (χ1v) is 10.5. The van der Waals surface area contributed by atoms with Gasteiger partial charge in [0.05, 0.1) is 11.0 Å². The van der Waals surface area contributed by atoms with Crippen molar-refractivity contribution in [3.8, 4) is 22.6 Å². The van der Waals surface area contributed by atoms with Crippen LogP contribution < -0.4 is 15.2 Å². The van der Waals surface area contributed by atoms with Gasteiger partial charge in [-0.2, -0.15) is 0 Å². The number of ether oxygens (including phenoxy) is 2. The topological polar surface area (TPSA) is 78.6 Å². The Morgan fingerprint density at radius 3 is 2.53 bits per heavy atom. The van der Waals surface area contributed by atoms with E-state index < -0.39 is 17.1 Å². The second-order valence-electron chi connectivity index (χ2n) is 8.46. The Balaban J connectivity index is 1.43. The Kier molecular flexibility index (Phi) is 4.73. The number of carbonyl (C=O) groups excluding carboxylic acids is 2. The fourth-order valence-electron chi connectivity index (χ4n) is 4.37. The van der Waals surface area contributed by atoms with Crippen molar-refractivity contribution in [2.24, 2.45) is 5.73 Å². The summed E-state index contributed by atoms with van der Waals surface area (Å²) in [6, 6.07) is 15.8. The van der Waals surface area contributed by atoms with Crippen molar-refractivity contribution in [2.45, 2.75) is 31.6 Å². The van der Waals surface area contributed by atoms with E-state index in [9.17, 15) is 14.0 Å². The number of rotatable bonds is 6. The molecule has 2 aliphatic rings. The van der Waals surface area contributed by atoms with Gasteiger partial charge in [0.2, 0.25) is 6.79 Å². The number of aryl methyl sites for hydroxylation is 1. The molecule has 3 aromatic rings. The van der Waals surface area contributed by atoms with Crippen molar-refractivity contribution in [3.05, 3.63) is 82.7 Å². The number of hydrogen-bond acceptors (Lipinski definition) is 4. The summed E-state index contributed by atoms with van der Waals surface area (Å²) >= 11 is 0. The minimum atomic E-state index is -0.812. The Labute approximate surface area is 185 Å². The lowest BCUT2D eigenvalue weighted by Gasteiger charge is -2.16. The molecule has 1 aliphatic heterocycles. The van der Waals surface area contributed by atoms with Crippen LogP contribution in [0.15, 0.2) is 54.6 Å². The number of Topliss-reactive ketones (excluding diaryl/α,β-unsaturated/α-hetero) is 1. The molecule has 0 atom stereocenters. The van der Waals surface area contributed by atoms with Gasteiger partial charge in [0, 0.05) is 6.42 Å². The summed E-state index contributed by atoms with van der Waals surface area (Å²) in [6.45, 7) is 2.13. The molecule has 6 heteroatoms. The average molecular weight is 431 g/mol. The number of benzene rings is 3. The molecule has 0 saturated heterocycles. The highest BCUT2D eigenvalue weighted by Gasteiger charge is 2.50. The van der Waals surface area contributed by atoms with E-state index in [0.717, 1.165) is 35.1 Å². The maximum absolute atomic E-state index is 13.9. The molecule has 162 valence electrons. The van der Waals surface area contributed by atoms with Crippen molar-refractivity contribution in [3.63, 3.8) is 0 Å². The molecule has 1 amide bonds. The first kappa shape index (κ1) is 20.2. The molecule has 0 radical (unpaired) electrons. The molecule has 5 rings (SSSR count). The van der Waals surface area contributed by atoms with Crippen molar-refractivity contribution >= 4 is 11.7 Å². The fourth-order valence-corrected chi connectivity index (χ4v) is 4.37. The molecule has 2 N–H and O–H groups in total. The summed E-state index contributed by atoms with van der Waals surface area (Å²) in [5.41, 5.74) is 8.98. The minimum Gasteiger partial charge on any atom is -0.454 e.